The molecule has 1 atom stereocenters. The first-order valence-electron chi connectivity index (χ1n) is 13.2. The zero-order chi connectivity index (χ0) is 35.3. The molecule has 17 heteroatoms. The number of halogens is 6. The Balaban J connectivity index is 0.000000391. The van der Waals surface area contributed by atoms with Gasteiger partial charge in [-0.05, 0) is 73.0 Å². The Morgan fingerprint density at radius 1 is 0.792 bits per heavy atom. The first-order valence-corrected chi connectivity index (χ1v) is 14.8. The topological polar surface area (TPSA) is 182 Å². The Morgan fingerprint density at radius 3 is 1.73 bits per heavy atom. The van der Waals surface area contributed by atoms with Crippen molar-refractivity contribution in [1.29, 1.82) is 0 Å². The van der Waals surface area contributed by atoms with Crippen LogP contribution in [0.5, 0.6) is 0 Å². The van der Waals surface area contributed by atoms with E-state index in [4.69, 9.17) is 57.2 Å². The molecule has 0 heterocycles. The molecule has 4 aromatic carbocycles. The van der Waals surface area contributed by atoms with Crippen LogP contribution in [-0.4, -0.2) is 39.1 Å². The summed E-state index contributed by atoms with van der Waals surface area (Å²) in [6.07, 6.45) is 0.173. The van der Waals surface area contributed by atoms with Crippen molar-refractivity contribution in [3.63, 3.8) is 0 Å². The summed E-state index contributed by atoms with van der Waals surface area (Å²) in [6.45, 7) is 0.981. The summed E-state index contributed by atoms with van der Waals surface area (Å²) in [5, 5.41) is 44.5. The van der Waals surface area contributed by atoms with E-state index in [1.165, 1.54) is 6.07 Å². The van der Waals surface area contributed by atoms with Crippen LogP contribution >= 0.6 is 46.4 Å². The number of rotatable bonds is 10. The first-order chi connectivity index (χ1) is 22.1. The Kier molecular flexibility index (Phi) is 17.9. The first kappa shape index (κ1) is 42.1. The number of nitro benzene ring substituents is 2. The van der Waals surface area contributed by atoms with Crippen LogP contribution in [0.4, 0.5) is 20.2 Å². The molecule has 0 amide bonds. The fourth-order valence-corrected chi connectivity index (χ4v) is 4.70. The van der Waals surface area contributed by atoms with E-state index in [-0.39, 0.29) is 18.6 Å². The largest absolute Gasteiger partial charge is 0.478 e. The average Bonchev–Trinajstić information content (AvgIpc) is 3.00. The Morgan fingerprint density at radius 2 is 1.27 bits per heavy atom. The molecule has 0 aliphatic heterocycles. The second-order valence-corrected chi connectivity index (χ2v) is 11.0. The molecule has 48 heavy (non-hydrogen) atoms. The van der Waals surface area contributed by atoms with Gasteiger partial charge >= 0.3 is 17.3 Å². The number of carboxylic acid groups (broad SMARTS) is 1. The molecule has 0 aromatic heterocycles. The number of aliphatic hydroxyl groups is 1. The Bertz CT molecular complexity index is 1730. The highest BCUT2D eigenvalue weighted by atomic mass is 35.5. The van der Waals surface area contributed by atoms with Crippen molar-refractivity contribution >= 4 is 63.7 Å². The molecule has 11 nitrogen and oxygen atoms in total. The lowest BCUT2D eigenvalue weighted by atomic mass is 10.1. The van der Waals surface area contributed by atoms with Gasteiger partial charge in [-0.3, -0.25) is 25.5 Å². The average molecular weight is 750 g/mol. The summed E-state index contributed by atoms with van der Waals surface area (Å²) in [7, 11) is 0. The second-order valence-electron chi connectivity index (χ2n) is 9.31. The molecular formula is C31H30Cl4F2N4O7. The van der Waals surface area contributed by atoms with E-state index in [9.17, 15) is 38.9 Å². The van der Waals surface area contributed by atoms with Crippen molar-refractivity contribution in [3.8, 4) is 0 Å². The third-order valence-electron chi connectivity index (χ3n) is 6.05. The number of hydrogen-bond donors (Lipinski definition) is 4. The third-order valence-corrected chi connectivity index (χ3v) is 7.22. The smallest absolute Gasteiger partial charge is 0.335 e. The Labute approximate surface area is 294 Å². The summed E-state index contributed by atoms with van der Waals surface area (Å²) in [5.74, 6) is -3.32. The van der Waals surface area contributed by atoms with E-state index in [1.807, 2.05) is 12.1 Å². The minimum atomic E-state index is -1.33. The summed E-state index contributed by atoms with van der Waals surface area (Å²) >= 11 is 23.4. The zero-order valence-electron chi connectivity index (χ0n) is 24.0. The maximum atomic E-state index is 13.3. The minimum Gasteiger partial charge on any atom is -0.478 e. The fraction of sp³-hybridized carbons (Fsp3) is 0.194. The van der Waals surface area contributed by atoms with Crippen molar-refractivity contribution in [2.24, 2.45) is 5.73 Å². The van der Waals surface area contributed by atoms with Crippen LogP contribution < -0.4 is 11.1 Å². The number of aromatic carboxylic acids is 1. The van der Waals surface area contributed by atoms with Gasteiger partial charge in [0, 0.05) is 44.3 Å². The van der Waals surface area contributed by atoms with Crippen LogP contribution in [-0.2, 0) is 12.8 Å². The van der Waals surface area contributed by atoms with E-state index in [0.29, 0.717) is 45.7 Å². The van der Waals surface area contributed by atoms with Gasteiger partial charge in [0.2, 0.25) is 11.6 Å². The van der Waals surface area contributed by atoms with Crippen LogP contribution in [0.2, 0.25) is 20.1 Å². The zero-order valence-corrected chi connectivity index (χ0v) is 27.0. The lowest BCUT2D eigenvalue weighted by Gasteiger charge is -2.13. The molecule has 0 saturated heterocycles. The lowest BCUT2D eigenvalue weighted by Crippen LogP contribution is -2.23. The van der Waals surface area contributed by atoms with Gasteiger partial charge in [-0.25, -0.2) is 4.79 Å². The molecule has 4 rings (SSSR count). The van der Waals surface area contributed by atoms with Gasteiger partial charge in [0.25, 0.3) is 0 Å². The molecule has 4 aromatic rings. The van der Waals surface area contributed by atoms with E-state index in [0.717, 1.165) is 41.8 Å². The number of carboxylic acids is 1. The van der Waals surface area contributed by atoms with Crippen LogP contribution in [0.25, 0.3) is 0 Å². The number of nitro groups is 2. The number of carbonyl (C=O) groups is 1. The summed E-state index contributed by atoms with van der Waals surface area (Å²) in [6, 6.07) is 16.2. The maximum Gasteiger partial charge on any atom is 0.335 e. The number of aliphatic hydroxyl groups excluding tert-OH is 1. The highest BCUT2D eigenvalue weighted by molar-refractivity contribution is 6.35. The predicted molar refractivity (Wildman–Crippen MR) is 182 cm³/mol. The predicted octanol–water partition coefficient (Wildman–Crippen LogP) is 8.43. The molecule has 0 saturated carbocycles. The van der Waals surface area contributed by atoms with Crippen molar-refractivity contribution in [1.82, 2.24) is 5.32 Å². The summed E-state index contributed by atoms with van der Waals surface area (Å²) in [5.41, 5.74) is 5.66. The summed E-state index contributed by atoms with van der Waals surface area (Å²) in [4.78, 5) is 29.4. The highest BCUT2D eigenvalue weighted by Gasteiger charge is 2.18. The van der Waals surface area contributed by atoms with Gasteiger partial charge in [0.15, 0.2) is 0 Å². The number of nitrogens with zero attached hydrogens (tertiary/aromatic N) is 2. The van der Waals surface area contributed by atoms with Crippen LogP contribution in [0.15, 0.2) is 72.8 Å². The Hall–Kier alpha value is -3.95. The van der Waals surface area contributed by atoms with Gasteiger partial charge in [-0.2, -0.15) is 8.78 Å². The maximum absolute atomic E-state index is 13.3. The van der Waals surface area contributed by atoms with E-state index in [2.05, 4.69) is 5.32 Å². The lowest BCUT2D eigenvalue weighted by molar-refractivity contribution is -0.387. The van der Waals surface area contributed by atoms with E-state index < -0.39 is 45.1 Å². The standard InChI is InChI=1S/C15H13Cl2FN2O3.C8H9Cl2N.C7H4FNO4.CH4/c16-11-3-1-9(12(17)8-11)5-6-19-15(21)10-2-4-13(18)14(7-10)20(22)23;9-7-2-1-6(3-4-11)8(10)5-7;8-5-2-1-4(7(10)11)3-6(5)9(12)13;/h1-4,7-8,15,19,21H,5-6H2;1-2,5H,3-4,11H2;1-3H,(H,10,11);1H4. The third kappa shape index (κ3) is 13.3. The number of benzene rings is 4. The molecule has 0 radical (unpaired) electrons. The molecule has 0 spiro atoms. The van der Waals surface area contributed by atoms with Gasteiger partial charge in [-0.1, -0.05) is 72.0 Å². The molecule has 0 aliphatic rings. The molecule has 0 aliphatic carbocycles. The van der Waals surface area contributed by atoms with Crippen molar-refractivity contribution in [2.75, 3.05) is 13.1 Å². The molecular weight excluding hydrogens is 720 g/mol. The van der Waals surface area contributed by atoms with E-state index >= 15 is 0 Å². The second kappa shape index (κ2) is 20.4. The fourth-order valence-electron chi connectivity index (χ4n) is 3.69. The van der Waals surface area contributed by atoms with Crippen LogP contribution in [0.3, 0.4) is 0 Å². The highest BCUT2D eigenvalue weighted by Crippen LogP contribution is 2.24. The van der Waals surface area contributed by atoms with Gasteiger partial charge < -0.3 is 15.9 Å². The van der Waals surface area contributed by atoms with E-state index in [1.54, 1.807) is 24.3 Å². The quantitative estimate of drug-likeness (QED) is 0.0702. The molecule has 1 unspecified atom stereocenters. The van der Waals surface area contributed by atoms with Crippen LogP contribution in [0.1, 0.15) is 40.7 Å². The number of nitrogens with one attached hydrogen (secondary N) is 1. The minimum absolute atomic E-state index is 0. The SMILES string of the molecule is C.NCCc1ccc(Cl)cc1Cl.O=C(O)c1ccc(F)c([N+](=O)[O-])c1.O=[N+]([O-])c1cc(C(O)NCCc2ccc(Cl)cc2Cl)ccc1F. The van der Waals surface area contributed by atoms with Gasteiger partial charge in [0.1, 0.15) is 6.23 Å². The summed E-state index contributed by atoms with van der Waals surface area (Å²) < 4.78 is 25.9. The van der Waals surface area contributed by atoms with Crippen molar-refractivity contribution < 1.29 is 33.6 Å². The molecule has 5 N–H and O–H groups in total. The monoisotopic (exact) mass is 748 g/mol. The molecule has 258 valence electrons. The van der Waals surface area contributed by atoms with Crippen molar-refractivity contribution in [2.45, 2.75) is 26.5 Å². The molecule has 0 bridgehead atoms. The van der Waals surface area contributed by atoms with Crippen molar-refractivity contribution in [3.05, 3.63) is 147 Å². The van der Waals surface area contributed by atoms with Gasteiger partial charge in [-0.15, -0.1) is 0 Å². The van der Waals surface area contributed by atoms with Gasteiger partial charge in [0.05, 0.1) is 15.4 Å². The number of hydrogen-bond acceptors (Lipinski definition) is 8. The normalized spacial score (nSPS) is 10.8. The van der Waals surface area contributed by atoms with Crippen LogP contribution in [0, 0.1) is 31.9 Å². The number of nitrogens with two attached hydrogens (primary N) is 1. The molecule has 0 fully saturated rings.